The molecule has 1 heteroatoms. The maximum atomic E-state index is 5.28. The van der Waals surface area contributed by atoms with E-state index in [0.29, 0.717) is 12.2 Å². The van der Waals surface area contributed by atoms with E-state index < -0.39 is 0 Å². The summed E-state index contributed by atoms with van der Waals surface area (Å²) in [5, 5.41) is 0. The largest absolute Gasteiger partial charge is 0.365 e. The average Bonchev–Trinajstić information content (AvgIpc) is 2.97. The predicted octanol–water partition coefficient (Wildman–Crippen LogP) is 4.64. The first kappa shape index (κ1) is 13.5. The molecule has 0 spiro atoms. The first-order valence-corrected chi connectivity index (χ1v) is 6.83. The van der Waals surface area contributed by atoms with Crippen LogP contribution in [0.3, 0.4) is 0 Å². The fourth-order valence-electron chi connectivity index (χ4n) is 1.80. The van der Waals surface area contributed by atoms with Gasteiger partial charge in [-0.25, -0.2) is 0 Å². The minimum atomic E-state index is 0.388. The zero-order valence-electron chi connectivity index (χ0n) is 10.8. The summed E-state index contributed by atoms with van der Waals surface area (Å²) in [6.45, 7) is 4.37. The van der Waals surface area contributed by atoms with Crippen molar-refractivity contribution >= 4 is 0 Å². The van der Waals surface area contributed by atoms with Gasteiger partial charge in [-0.05, 0) is 19.8 Å². The zero-order valence-corrected chi connectivity index (χ0v) is 10.8. The van der Waals surface area contributed by atoms with Crippen molar-refractivity contribution in [2.24, 2.45) is 0 Å². The Morgan fingerprint density at radius 1 is 1.00 bits per heavy atom. The monoisotopic (exact) mass is 222 g/mol. The molecule has 1 aliphatic heterocycles. The van der Waals surface area contributed by atoms with Crippen molar-refractivity contribution in [3.63, 3.8) is 0 Å². The van der Waals surface area contributed by atoms with Gasteiger partial charge < -0.3 is 4.74 Å². The average molecular weight is 222 g/mol. The van der Waals surface area contributed by atoms with Crippen LogP contribution in [0.1, 0.15) is 58.8 Å². The smallest absolute Gasteiger partial charge is 0.102 e. The molecule has 0 aromatic carbocycles. The summed E-state index contributed by atoms with van der Waals surface area (Å²) in [6, 6.07) is 0. The third-order valence-electron chi connectivity index (χ3n) is 3.03. The van der Waals surface area contributed by atoms with Crippen LogP contribution >= 0.6 is 0 Å². The summed E-state index contributed by atoms with van der Waals surface area (Å²) in [6.07, 6.45) is 19.0. The first-order valence-electron chi connectivity index (χ1n) is 6.83. The summed E-state index contributed by atoms with van der Waals surface area (Å²) in [4.78, 5) is 0. The van der Waals surface area contributed by atoms with Gasteiger partial charge in [0.15, 0.2) is 0 Å². The van der Waals surface area contributed by atoms with Crippen LogP contribution in [0.5, 0.6) is 0 Å². The van der Waals surface area contributed by atoms with Gasteiger partial charge in [0, 0.05) is 0 Å². The Morgan fingerprint density at radius 2 is 1.69 bits per heavy atom. The van der Waals surface area contributed by atoms with Gasteiger partial charge in [-0.1, -0.05) is 63.3 Å². The molecule has 0 radical (unpaired) electrons. The van der Waals surface area contributed by atoms with E-state index in [1.165, 1.54) is 44.9 Å². The minimum Gasteiger partial charge on any atom is -0.365 e. The summed E-state index contributed by atoms with van der Waals surface area (Å²) in [5.74, 6) is 0. The molecular formula is C15H26O. The Morgan fingerprint density at radius 3 is 2.38 bits per heavy atom. The van der Waals surface area contributed by atoms with E-state index in [-0.39, 0.29) is 0 Å². The molecule has 92 valence electrons. The SMILES string of the molecule is CCCCCCCC/C=C\C=C\[C@H]1O[C@@H]1C. The quantitative estimate of drug-likeness (QED) is 0.314. The van der Waals surface area contributed by atoms with Crippen LogP contribution in [-0.4, -0.2) is 12.2 Å². The lowest BCUT2D eigenvalue weighted by atomic mass is 10.1. The molecule has 16 heavy (non-hydrogen) atoms. The molecule has 1 aliphatic rings. The number of unbranched alkanes of at least 4 members (excludes halogenated alkanes) is 6. The Labute approximate surface area is 101 Å². The molecule has 0 N–H and O–H groups in total. The van der Waals surface area contributed by atoms with Crippen LogP contribution < -0.4 is 0 Å². The number of ether oxygens (including phenoxy) is 1. The second kappa shape index (κ2) is 8.58. The second-order valence-corrected chi connectivity index (χ2v) is 4.68. The molecule has 1 nitrogen and oxygen atoms in total. The third kappa shape index (κ3) is 6.84. The van der Waals surface area contributed by atoms with Crippen LogP contribution in [0.25, 0.3) is 0 Å². The molecule has 1 rings (SSSR count). The lowest BCUT2D eigenvalue weighted by molar-refractivity contribution is 0.400. The van der Waals surface area contributed by atoms with E-state index in [1.54, 1.807) is 0 Å². The molecule has 0 unspecified atom stereocenters. The molecule has 0 aromatic heterocycles. The molecule has 0 aromatic rings. The van der Waals surface area contributed by atoms with Crippen molar-refractivity contribution in [2.45, 2.75) is 71.0 Å². The molecular weight excluding hydrogens is 196 g/mol. The van der Waals surface area contributed by atoms with Crippen molar-refractivity contribution in [3.05, 3.63) is 24.3 Å². The maximum absolute atomic E-state index is 5.28. The highest BCUT2D eigenvalue weighted by atomic mass is 16.6. The Bertz CT molecular complexity index is 217. The van der Waals surface area contributed by atoms with Gasteiger partial charge in [0.1, 0.15) is 6.10 Å². The van der Waals surface area contributed by atoms with Gasteiger partial charge in [0.05, 0.1) is 6.10 Å². The van der Waals surface area contributed by atoms with Crippen molar-refractivity contribution in [3.8, 4) is 0 Å². The highest BCUT2D eigenvalue weighted by molar-refractivity contribution is 5.09. The molecule has 1 saturated heterocycles. The number of epoxide rings is 1. The maximum Gasteiger partial charge on any atom is 0.102 e. The number of hydrogen-bond donors (Lipinski definition) is 0. The van der Waals surface area contributed by atoms with Gasteiger partial charge in [-0.3, -0.25) is 0 Å². The van der Waals surface area contributed by atoms with Crippen molar-refractivity contribution in [1.82, 2.24) is 0 Å². The van der Waals surface area contributed by atoms with Crippen LogP contribution in [0.15, 0.2) is 24.3 Å². The Balaban J connectivity index is 1.83. The summed E-state index contributed by atoms with van der Waals surface area (Å²) < 4.78 is 5.28. The van der Waals surface area contributed by atoms with Crippen molar-refractivity contribution in [1.29, 1.82) is 0 Å². The fraction of sp³-hybridized carbons (Fsp3) is 0.733. The van der Waals surface area contributed by atoms with E-state index in [9.17, 15) is 0 Å². The Hall–Kier alpha value is -0.560. The van der Waals surface area contributed by atoms with Crippen molar-refractivity contribution < 1.29 is 4.74 Å². The predicted molar refractivity (Wildman–Crippen MR) is 70.6 cm³/mol. The number of allylic oxidation sites excluding steroid dienone is 3. The number of rotatable bonds is 9. The normalized spacial score (nSPS) is 24.6. The minimum absolute atomic E-state index is 0.388. The highest BCUT2D eigenvalue weighted by Crippen LogP contribution is 2.21. The molecule has 0 aliphatic carbocycles. The van der Waals surface area contributed by atoms with Crippen LogP contribution in [0.2, 0.25) is 0 Å². The van der Waals surface area contributed by atoms with Gasteiger partial charge in [0.2, 0.25) is 0 Å². The summed E-state index contributed by atoms with van der Waals surface area (Å²) >= 11 is 0. The zero-order chi connectivity index (χ0) is 11.6. The molecule has 0 bridgehead atoms. The number of hydrogen-bond acceptors (Lipinski definition) is 1. The molecule has 0 amide bonds. The van der Waals surface area contributed by atoms with E-state index in [1.807, 2.05) is 0 Å². The lowest BCUT2D eigenvalue weighted by Crippen LogP contribution is -1.79. The third-order valence-corrected chi connectivity index (χ3v) is 3.03. The fourth-order valence-corrected chi connectivity index (χ4v) is 1.80. The van der Waals surface area contributed by atoms with E-state index in [2.05, 4.69) is 38.2 Å². The van der Waals surface area contributed by atoms with E-state index in [4.69, 9.17) is 4.74 Å². The molecule has 1 fully saturated rings. The van der Waals surface area contributed by atoms with Crippen LogP contribution in [-0.2, 0) is 4.74 Å². The highest BCUT2D eigenvalue weighted by Gasteiger charge is 2.30. The van der Waals surface area contributed by atoms with E-state index in [0.717, 1.165) is 0 Å². The standard InChI is InChI=1S/C15H26O/c1-3-4-5-6-7-8-9-10-11-12-13-15-14(2)16-15/h10-15H,3-9H2,1-2H3/b11-10-,13-12+/t14-,15-/m1/s1. The van der Waals surface area contributed by atoms with Crippen molar-refractivity contribution in [2.75, 3.05) is 0 Å². The summed E-state index contributed by atoms with van der Waals surface area (Å²) in [7, 11) is 0. The topological polar surface area (TPSA) is 12.5 Å². The van der Waals surface area contributed by atoms with Crippen LogP contribution in [0, 0.1) is 0 Å². The van der Waals surface area contributed by atoms with Crippen LogP contribution in [0.4, 0.5) is 0 Å². The molecule has 1 heterocycles. The van der Waals surface area contributed by atoms with Gasteiger partial charge in [0.25, 0.3) is 0 Å². The summed E-state index contributed by atoms with van der Waals surface area (Å²) in [5.41, 5.74) is 0. The first-order chi connectivity index (χ1) is 7.84. The second-order valence-electron chi connectivity index (χ2n) is 4.68. The van der Waals surface area contributed by atoms with Gasteiger partial charge in [-0.2, -0.15) is 0 Å². The molecule has 0 saturated carbocycles. The van der Waals surface area contributed by atoms with E-state index >= 15 is 0 Å². The molecule has 2 atom stereocenters. The van der Waals surface area contributed by atoms with Gasteiger partial charge in [-0.15, -0.1) is 0 Å². The Kier molecular flexibility index (Phi) is 7.24. The lowest BCUT2D eigenvalue weighted by Gasteiger charge is -1.97. The van der Waals surface area contributed by atoms with Gasteiger partial charge >= 0.3 is 0 Å².